The van der Waals surface area contributed by atoms with Crippen LogP contribution in [-0.4, -0.2) is 47.5 Å². The first-order valence-electron chi connectivity index (χ1n) is 7.94. The van der Waals surface area contributed by atoms with Gasteiger partial charge in [0.15, 0.2) is 0 Å². The molecule has 1 aliphatic heterocycles. The molecule has 0 bridgehead atoms. The zero-order chi connectivity index (χ0) is 17.2. The molecule has 0 radical (unpaired) electrons. The highest BCUT2D eigenvalue weighted by molar-refractivity contribution is 5.80. The van der Waals surface area contributed by atoms with Crippen LogP contribution in [0.3, 0.4) is 0 Å². The standard InChI is InChI=1S/C17H26N2O4/c1-12-6-7-14(22-12)11-18(5)15(20)13-8-9-19(10-13)16(21)23-17(2,3)4/h6-7,13H,8-11H2,1-5H3/t13-/m0/s1. The average molecular weight is 322 g/mol. The third-order valence-electron chi connectivity index (χ3n) is 3.75. The lowest BCUT2D eigenvalue weighted by molar-refractivity contribution is -0.134. The third-order valence-corrected chi connectivity index (χ3v) is 3.75. The van der Waals surface area contributed by atoms with Gasteiger partial charge in [0.2, 0.25) is 5.91 Å². The average Bonchev–Trinajstić information content (AvgIpc) is 3.05. The summed E-state index contributed by atoms with van der Waals surface area (Å²) >= 11 is 0. The number of likely N-dealkylation sites (tertiary alicyclic amines) is 1. The highest BCUT2D eigenvalue weighted by Gasteiger charge is 2.34. The van der Waals surface area contributed by atoms with Crippen molar-refractivity contribution in [3.8, 4) is 0 Å². The van der Waals surface area contributed by atoms with E-state index in [0.29, 0.717) is 26.1 Å². The molecule has 6 nitrogen and oxygen atoms in total. The molecule has 1 fully saturated rings. The number of rotatable bonds is 3. The number of furan rings is 1. The molecule has 2 amide bonds. The van der Waals surface area contributed by atoms with Crippen molar-refractivity contribution in [3.05, 3.63) is 23.7 Å². The molecule has 6 heteroatoms. The molecule has 1 atom stereocenters. The van der Waals surface area contributed by atoms with Crippen molar-refractivity contribution in [2.45, 2.75) is 46.3 Å². The van der Waals surface area contributed by atoms with Gasteiger partial charge in [-0.15, -0.1) is 0 Å². The number of ether oxygens (including phenoxy) is 1. The van der Waals surface area contributed by atoms with Gasteiger partial charge in [0, 0.05) is 20.1 Å². The Morgan fingerprint density at radius 2 is 2.09 bits per heavy atom. The summed E-state index contributed by atoms with van der Waals surface area (Å²) in [7, 11) is 1.76. The summed E-state index contributed by atoms with van der Waals surface area (Å²) in [6.07, 6.45) is 0.316. The molecule has 2 rings (SSSR count). The van der Waals surface area contributed by atoms with Gasteiger partial charge in [-0.25, -0.2) is 4.79 Å². The summed E-state index contributed by atoms with van der Waals surface area (Å²) in [4.78, 5) is 27.8. The molecule has 0 aliphatic carbocycles. The van der Waals surface area contributed by atoms with Crippen LogP contribution < -0.4 is 0 Å². The van der Waals surface area contributed by atoms with Crippen LogP contribution in [0, 0.1) is 12.8 Å². The van der Waals surface area contributed by atoms with Crippen molar-refractivity contribution >= 4 is 12.0 Å². The normalized spacial score (nSPS) is 18.1. The number of carbonyl (C=O) groups is 2. The number of amides is 2. The molecule has 1 aromatic rings. The van der Waals surface area contributed by atoms with Gasteiger partial charge in [0.1, 0.15) is 17.1 Å². The van der Waals surface area contributed by atoms with E-state index in [4.69, 9.17) is 9.15 Å². The Morgan fingerprint density at radius 3 is 2.65 bits per heavy atom. The van der Waals surface area contributed by atoms with E-state index in [9.17, 15) is 9.59 Å². The summed E-state index contributed by atoms with van der Waals surface area (Å²) in [6, 6.07) is 3.76. The molecular weight excluding hydrogens is 296 g/mol. The van der Waals surface area contributed by atoms with Crippen LogP contribution in [-0.2, 0) is 16.1 Å². The monoisotopic (exact) mass is 322 g/mol. The van der Waals surface area contributed by atoms with Gasteiger partial charge in [-0.1, -0.05) is 0 Å². The summed E-state index contributed by atoms with van der Waals surface area (Å²) in [6.45, 7) is 8.79. The van der Waals surface area contributed by atoms with Gasteiger partial charge >= 0.3 is 6.09 Å². The van der Waals surface area contributed by atoms with E-state index < -0.39 is 5.60 Å². The van der Waals surface area contributed by atoms with E-state index in [2.05, 4.69) is 0 Å². The van der Waals surface area contributed by atoms with Crippen LogP contribution in [0.5, 0.6) is 0 Å². The molecular formula is C17H26N2O4. The molecule has 1 aliphatic rings. The quantitative estimate of drug-likeness (QED) is 0.858. The highest BCUT2D eigenvalue weighted by atomic mass is 16.6. The van der Waals surface area contributed by atoms with E-state index in [1.165, 1.54) is 0 Å². The molecule has 1 aromatic heterocycles. The molecule has 128 valence electrons. The second-order valence-corrected chi connectivity index (χ2v) is 7.12. The van der Waals surface area contributed by atoms with E-state index >= 15 is 0 Å². The summed E-state index contributed by atoms with van der Waals surface area (Å²) in [5, 5.41) is 0. The van der Waals surface area contributed by atoms with Crippen molar-refractivity contribution in [2.24, 2.45) is 5.92 Å². The van der Waals surface area contributed by atoms with Crippen molar-refractivity contribution in [1.82, 2.24) is 9.80 Å². The lowest BCUT2D eigenvalue weighted by Gasteiger charge is -2.25. The summed E-state index contributed by atoms with van der Waals surface area (Å²) < 4.78 is 10.9. The van der Waals surface area contributed by atoms with Crippen molar-refractivity contribution in [1.29, 1.82) is 0 Å². The fourth-order valence-electron chi connectivity index (χ4n) is 2.65. The first kappa shape index (κ1) is 17.4. The molecule has 2 heterocycles. The summed E-state index contributed by atoms with van der Waals surface area (Å²) in [5.74, 6) is 1.45. The van der Waals surface area contributed by atoms with Gasteiger partial charge < -0.3 is 19.0 Å². The molecule has 0 saturated carbocycles. The molecule has 0 N–H and O–H groups in total. The summed E-state index contributed by atoms with van der Waals surface area (Å²) in [5.41, 5.74) is -0.521. The lowest BCUT2D eigenvalue weighted by atomic mass is 10.1. The van der Waals surface area contributed by atoms with Crippen molar-refractivity contribution in [3.63, 3.8) is 0 Å². The third kappa shape index (κ3) is 4.74. The fourth-order valence-corrected chi connectivity index (χ4v) is 2.65. The number of carbonyl (C=O) groups excluding carboxylic acids is 2. The number of hydrogen-bond donors (Lipinski definition) is 0. The minimum absolute atomic E-state index is 0.0325. The number of hydrogen-bond acceptors (Lipinski definition) is 4. The van der Waals surface area contributed by atoms with Crippen LogP contribution in [0.15, 0.2) is 16.5 Å². The van der Waals surface area contributed by atoms with Gasteiger partial charge in [-0.3, -0.25) is 4.79 Å². The fraction of sp³-hybridized carbons (Fsp3) is 0.647. The predicted molar refractivity (Wildman–Crippen MR) is 85.8 cm³/mol. The Kier molecular flexibility index (Phi) is 5.02. The minimum Gasteiger partial charge on any atom is -0.464 e. The SMILES string of the molecule is Cc1ccc(CN(C)C(=O)[C@H]2CCN(C(=O)OC(C)(C)C)C2)o1. The van der Waals surface area contributed by atoms with E-state index in [-0.39, 0.29) is 17.9 Å². The van der Waals surface area contributed by atoms with Crippen LogP contribution in [0.1, 0.15) is 38.7 Å². The zero-order valence-corrected chi connectivity index (χ0v) is 14.6. The first-order chi connectivity index (χ1) is 10.7. The Bertz CT molecular complexity index is 573. The lowest BCUT2D eigenvalue weighted by Crippen LogP contribution is -2.38. The maximum Gasteiger partial charge on any atom is 0.410 e. The molecule has 0 spiro atoms. The topological polar surface area (TPSA) is 63.0 Å². The molecule has 23 heavy (non-hydrogen) atoms. The van der Waals surface area contributed by atoms with Gasteiger partial charge in [0.05, 0.1) is 12.5 Å². The van der Waals surface area contributed by atoms with Crippen LogP contribution in [0.4, 0.5) is 4.79 Å². The van der Waals surface area contributed by atoms with Crippen LogP contribution in [0.25, 0.3) is 0 Å². The predicted octanol–water partition coefficient (Wildman–Crippen LogP) is 2.80. The largest absolute Gasteiger partial charge is 0.464 e. The maximum atomic E-state index is 12.5. The Labute approximate surface area is 137 Å². The Morgan fingerprint density at radius 1 is 1.39 bits per heavy atom. The second kappa shape index (κ2) is 6.64. The molecule has 1 saturated heterocycles. The van der Waals surface area contributed by atoms with Gasteiger partial charge in [-0.2, -0.15) is 0 Å². The van der Waals surface area contributed by atoms with Crippen molar-refractivity contribution in [2.75, 3.05) is 20.1 Å². The molecule has 0 aromatic carbocycles. The smallest absolute Gasteiger partial charge is 0.410 e. The van der Waals surface area contributed by atoms with Gasteiger partial charge in [0.25, 0.3) is 0 Å². The number of aryl methyl sites for hydroxylation is 1. The van der Waals surface area contributed by atoms with Gasteiger partial charge in [-0.05, 0) is 46.2 Å². The Balaban J connectivity index is 1.88. The Hall–Kier alpha value is -1.98. The molecule has 0 unspecified atom stereocenters. The van der Waals surface area contributed by atoms with Crippen LogP contribution >= 0.6 is 0 Å². The minimum atomic E-state index is -0.521. The second-order valence-electron chi connectivity index (χ2n) is 7.12. The first-order valence-corrected chi connectivity index (χ1v) is 7.94. The van der Waals surface area contributed by atoms with Crippen LogP contribution in [0.2, 0.25) is 0 Å². The highest BCUT2D eigenvalue weighted by Crippen LogP contribution is 2.22. The van der Waals surface area contributed by atoms with E-state index in [0.717, 1.165) is 11.5 Å². The maximum absolute atomic E-state index is 12.5. The zero-order valence-electron chi connectivity index (χ0n) is 14.6. The van der Waals surface area contributed by atoms with Crippen molar-refractivity contribution < 1.29 is 18.7 Å². The van der Waals surface area contributed by atoms with E-state index in [1.807, 2.05) is 39.8 Å². The number of nitrogens with zero attached hydrogens (tertiary/aromatic N) is 2. The van der Waals surface area contributed by atoms with E-state index in [1.54, 1.807) is 16.8 Å².